The molecule has 1 N–H and O–H groups in total. The summed E-state index contributed by atoms with van der Waals surface area (Å²) in [6.45, 7) is 2.62. The van der Waals surface area contributed by atoms with Crippen molar-refractivity contribution >= 4 is 27.3 Å². The van der Waals surface area contributed by atoms with Gasteiger partial charge in [0.05, 0.1) is 0 Å². The summed E-state index contributed by atoms with van der Waals surface area (Å²) in [5.74, 6) is 1.70. The van der Waals surface area contributed by atoms with E-state index in [0.29, 0.717) is 5.75 Å². The van der Waals surface area contributed by atoms with E-state index in [0.717, 1.165) is 31.8 Å². The van der Waals surface area contributed by atoms with Gasteiger partial charge in [-0.3, -0.25) is 4.90 Å². The van der Waals surface area contributed by atoms with Gasteiger partial charge in [0.25, 0.3) is 0 Å². The number of rotatable bonds is 3. The molecule has 0 bridgehead atoms. The van der Waals surface area contributed by atoms with Gasteiger partial charge < -0.3 is 5.32 Å². The SMILES string of the molecule is CS(=O)(=O)C1CSCCN1Cc1ccc2c(c1)CCCN2. The predicted molar refractivity (Wildman–Crippen MR) is 89.6 cm³/mol. The normalized spacial score (nSPS) is 23.4. The third-order valence-corrected chi connectivity index (χ3v) is 6.87. The summed E-state index contributed by atoms with van der Waals surface area (Å²) in [6, 6.07) is 6.50. The molecule has 6 heteroatoms. The molecule has 2 heterocycles. The van der Waals surface area contributed by atoms with Gasteiger partial charge in [-0.05, 0) is 30.0 Å². The Morgan fingerprint density at radius 1 is 1.43 bits per heavy atom. The second-order valence-electron chi connectivity index (χ2n) is 5.85. The van der Waals surface area contributed by atoms with E-state index in [2.05, 4.69) is 28.4 Å². The molecule has 0 radical (unpaired) electrons. The molecular weight excluding hydrogens is 304 g/mol. The number of aryl methyl sites for hydroxylation is 1. The van der Waals surface area contributed by atoms with Crippen LogP contribution in [0.25, 0.3) is 0 Å². The zero-order chi connectivity index (χ0) is 14.9. The van der Waals surface area contributed by atoms with Crippen molar-refractivity contribution in [3.8, 4) is 0 Å². The van der Waals surface area contributed by atoms with Gasteiger partial charge in [0, 0.05) is 43.1 Å². The van der Waals surface area contributed by atoms with Crippen LogP contribution in [-0.2, 0) is 22.8 Å². The molecule has 0 saturated carbocycles. The van der Waals surface area contributed by atoms with E-state index in [1.54, 1.807) is 11.8 Å². The Morgan fingerprint density at radius 2 is 2.29 bits per heavy atom. The van der Waals surface area contributed by atoms with Gasteiger partial charge in [0.15, 0.2) is 9.84 Å². The number of fused-ring (bicyclic) bond motifs is 1. The summed E-state index contributed by atoms with van der Waals surface area (Å²) in [5, 5.41) is 3.07. The molecular formula is C15H22N2O2S2. The lowest BCUT2D eigenvalue weighted by molar-refractivity contribution is 0.262. The van der Waals surface area contributed by atoms with Crippen molar-refractivity contribution in [1.29, 1.82) is 0 Å². The van der Waals surface area contributed by atoms with Gasteiger partial charge in [-0.1, -0.05) is 12.1 Å². The highest BCUT2D eigenvalue weighted by Crippen LogP contribution is 2.26. The van der Waals surface area contributed by atoms with Gasteiger partial charge in [-0.2, -0.15) is 11.8 Å². The molecule has 0 aromatic heterocycles. The smallest absolute Gasteiger partial charge is 0.164 e. The minimum atomic E-state index is -3.02. The fourth-order valence-electron chi connectivity index (χ4n) is 3.05. The lowest BCUT2D eigenvalue weighted by atomic mass is 10.0. The average molecular weight is 326 g/mol. The van der Waals surface area contributed by atoms with Crippen LogP contribution in [0.2, 0.25) is 0 Å². The maximum atomic E-state index is 12.0. The quantitative estimate of drug-likeness (QED) is 0.920. The second kappa shape index (κ2) is 6.18. The maximum absolute atomic E-state index is 12.0. The molecule has 4 nitrogen and oxygen atoms in total. The molecule has 1 unspecified atom stereocenters. The Hall–Kier alpha value is -0.720. The van der Waals surface area contributed by atoms with E-state index >= 15 is 0 Å². The summed E-state index contributed by atoms with van der Waals surface area (Å²) in [7, 11) is -3.02. The molecule has 0 amide bonds. The number of hydrogen-bond acceptors (Lipinski definition) is 5. The summed E-state index contributed by atoms with van der Waals surface area (Å²) in [5.41, 5.74) is 3.82. The first-order chi connectivity index (χ1) is 10.0. The largest absolute Gasteiger partial charge is 0.385 e. The highest BCUT2D eigenvalue weighted by atomic mass is 32.2. The number of sulfone groups is 1. The van der Waals surface area contributed by atoms with Crippen molar-refractivity contribution in [2.24, 2.45) is 0 Å². The van der Waals surface area contributed by atoms with E-state index in [9.17, 15) is 8.42 Å². The van der Waals surface area contributed by atoms with Gasteiger partial charge in [-0.15, -0.1) is 0 Å². The maximum Gasteiger partial charge on any atom is 0.164 e. The molecule has 0 spiro atoms. The highest BCUT2D eigenvalue weighted by Gasteiger charge is 2.30. The Labute approximate surface area is 131 Å². The topological polar surface area (TPSA) is 49.4 Å². The van der Waals surface area contributed by atoms with E-state index in [1.165, 1.54) is 29.5 Å². The van der Waals surface area contributed by atoms with E-state index < -0.39 is 9.84 Å². The van der Waals surface area contributed by atoms with Crippen LogP contribution in [0.4, 0.5) is 5.69 Å². The third-order valence-electron chi connectivity index (χ3n) is 4.18. The van der Waals surface area contributed by atoms with Crippen LogP contribution >= 0.6 is 11.8 Å². The zero-order valence-electron chi connectivity index (χ0n) is 12.3. The lowest BCUT2D eigenvalue weighted by Gasteiger charge is -2.34. The second-order valence-corrected chi connectivity index (χ2v) is 9.20. The van der Waals surface area contributed by atoms with Gasteiger partial charge in [-0.25, -0.2) is 8.42 Å². The molecule has 1 aromatic carbocycles. The summed E-state index contributed by atoms with van der Waals surface area (Å²) in [4.78, 5) is 2.11. The Balaban J connectivity index is 1.78. The molecule has 2 aliphatic rings. The van der Waals surface area contributed by atoms with Crippen molar-refractivity contribution in [2.75, 3.05) is 36.2 Å². The van der Waals surface area contributed by atoms with Gasteiger partial charge in [0.2, 0.25) is 0 Å². The Bertz CT molecular complexity index is 616. The first-order valence-electron chi connectivity index (χ1n) is 7.40. The lowest BCUT2D eigenvalue weighted by Crippen LogP contribution is -2.46. The van der Waals surface area contributed by atoms with E-state index in [-0.39, 0.29) is 5.37 Å². The molecule has 1 fully saturated rings. The highest BCUT2D eigenvalue weighted by molar-refractivity contribution is 8.00. The number of thioether (sulfide) groups is 1. The minimum absolute atomic E-state index is 0.342. The number of nitrogens with one attached hydrogen (secondary N) is 1. The summed E-state index contributed by atoms with van der Waals surface area (Å²) in [6.07, 6.45) is 3.64. The number of nitrogens with zero attached hydrogens (tertiary/aromatic N) is 1. The van der Waals surface area contributed by atoms with Gasteiger partial charge >= 0.3 is 0 Å². The Morgan fingerprint density at radius 3 is 3.10 bits per heavy atom. The molecule has 1 saturated heterocycles. The molecule has 1 atom stereocenters. The summed E-state index contributed by atoms with van der Waals surface area (Å²) >= 11 is 1.74. The number of anilines is 1. The Kier molecular flexibility index (Phi) is 4.47. The average Bonchev–Trinajstić information content (AvgIpc) is 2.46. The molecule has 0 aliphatic carbocycles. The fraction of sp³-hybridized carbons (Fsp3) is 0.600. The van der Waals surface area contributed by atoms with Crippen LogP contribution in [0.3, 0.4) is 0 Å². The van der Waals surface area contributed by atoms with Crippen LogP contribution in [-0.4, -0.2) is 49.5 Å². The molecule has 1 aromatic rings. The van der Waals surface area contributed by atoms with Crippen LogP contribution in [0.5, 0.6) is 0 Å². The van der Waals surface area contributed by atoms with Crippen LogP contribution < -0.4 is 5.32 Å². The fourth-order valence-corrected chi connectivity index (χ4v) is 5.99. The van der Waals surface area contributed by atoms with Crippen molar-refractivity contribution in [3.63, 3.8) is 0 Å². The van der Waals surface area contributed by atoms with Crippen LogP contribution in [0.15, 0.2) is 18.2 Å². The van der Waals surface area contributed by atoms with Gasteiger partial charge in [0.1, 0.15) is 5.37 Å². The third kappa shape index (κ3) is 3.55. The minimum Gasteiger partial charge on any atom is -0.385 e. The van der Waals surface area contributed by atoms with E-state index in [1.807, 2.05) is 0 Å². The van der Waals surface area contributed by atoms with Crippen LogP contribution in [0.1, 0.15) is 17.5 Å². The molecule has 21 heavy (non-hydrogen) atoms. The van der Waals surface area contributed by atoms with E-state index in [4.69, 9.17) is 0 Å². The monoisotopic (exact) mass is 326 g/mol. The van der Waals surface area contributed by atoms with Crippen molar-refractivity contribution in [3.05, 3.63) is 29.3 Å². The van der Waals surface area contributed by atoms with Crippen LogP contribution in [0, 0.1) is 0 Å². The predicted octanol–water partition coefficient (Wildman–Crippen LogP) is 1.96. The standard InChI is InChI=1S/C15H22N2O2S2/c1-21(18,19)15-11-20-8-7-17(15)10-12-4-5-14-13(9-12)3-2-6-16-14/h4-5,9,15-16H,2-3,6-8,10-11H2,1H3. The first kappa shape index (κ1) is 15.2. The number of hydrogen-bond donors (Lipinski definition) is 1. The molecule has 116 valence electrons. The first-order valence-corrected chi connectivity index (χ1v) is 10.5. The number of benzene rings is 1. The van der Waals surface area contributed by atoms with Crippen molar-refractivity contribution in [1.82, 2.24) is 4.90 Å². The van der Waals surface area contributed by atoms with Crippen molar-refractivity contribution in [2.45, 2.75) is 24.8 Å². The molecule has 2 aliphatic heterocycles. The summed E-state index contributed by atoms with van der Waals surface area (Å²) < 4.78 is 23.9. The molecule has 3 rings (SSSR count). The zero-order valence-corrected chi connectivity index (χ0v) is 14.0. The van der Waals surface area contributed by atoms with Crippen molar-refractivity contribution < 1.29 is 8.42 Å².